The Morgan fingerprint density at radius 2 is 1.18 bits per heavy atom. The summed E-state index contributed by atoms with van der Waals surface area (Å²) in [6, 6.07) is 26.7. The lowest BCUT2D eigenvalue weighted by atomic mass is 9.67. The van der Waals surface area contributed by atoms with Gasteiger partial charge in [0, 0.05) is 11.4 Å². The van der Waals surface area contributed by atoms with Crippen LogP contribution in [0.2, 0.25) is 0 Å². The molecule has 0 aromatic heterocycles. The van der Waals surface area contributed by atoms with Gasteiger partial charge in [0.15, 0.2) is 0 Å². The summed E-state index contributed by atoms with van der Waals surface area (Å²) in [5.74, 6) is 0. The molecule has 0 bridgehead atoms. The van der Waals surface area contributed by atoms with Gasteiger partial charge in [-0.05, 0) is 28.8 Å². The second-order valence-corrected chi connectivity index (χ2v) is 5.65. The minimum atomic E-state index is -0.528. The maximum atomic E-state index is 10.5. The number of aliphatic hydroxyl groups is 1. The van der Waals surface area contributed by atoms with Gasteiger partial charge in [-0.25, -0.2) is 0 Å². The van der Waals surface area contributed by atoms with Crippen LogP contribution in [0.3, 0.4) is 0 Å². The molecule has 3 aromatic carbocycles. The highest BCUT2D eigenvalue weighted by atomic mass is 16.3. The lowest BCUT2D eigenvalue weighted by molar-refractivity contribution is 0.243. The molecule has 0 aliphatic carbocycles. The molecule has 22 heavy (non-hydrogen) atoms. The van der Waals surface area contributed by atoms with Crippen molar-refractivity contribution < 1.29 is 5.11 Å². The first kappa shape index (κ1) is 13.1. The summed E-state index contributed by atoms with van der Waals surface area (Å²) in [6.45, 7) is 0.0344. The normalized spacial score (nSPS) is 14.6. The number of hydrogen-bond acceptors (Lipinski definition) is 2. The van der Waals surface area contributed by atoms with Crippen molar-refractivity contribution in [3.8, 4) is 0 Å². The molecule has 4 rings (SSSR count). The minimum Gasteiger partial charge on any atom is -0.395 e. The van der Waals surface area contributed by atoms with Gasteiger partial charge in [0.05, 0.1) is 12.0 Å². The molecule has 2 nitrogen and oxygen atoms in total. The van der Waals surface area contributed by atoms with E-state index >= 15 is 0 Å². The van der Waals surface area contributed by atoms with Gasteiger partial charge in [-0.1, -0.05) is 66.7 Å². The topological polar surface area (TPSA) is 32.3 Å². The molecule has 0 saturated heterocycles. The first-order chi connectivity index (χ1) is 10.9. The van der Waals surface area contributed by atoms with Crippen LogP contribution in [0, 0.1) is 0 Å². The molecule has 0 radical (unpaired) electrons. The highest BCUT2D eigenvalue weighted by molar-refractivity contribution is 5.78. The Hall–Kier alpha value is -2.58. The lowest BCUT2D eigenvalue weighted by Crippen LogP contribution is -2.37. The van der Waals surface area contributed by atoms with E-state index in [2.05, 4.69) is 41.7 Å². The number of hydrogen-bond donors (Lipinski definition) is 2. The Morgan fingerprint density at radius 1 is 0.682 bits per heavy atom. The van der Waals surface area contributed by atoms with E-state index in [9.17, 15) is 5.11 Å². The summed E-state index contributed by atoms with van der Waals surface area (Å²) in [5.41, 5.74) is 4.92. The van der Waals surface area contributed by atoms with E-state index in [0.29, 0.717) is 0 Å². The van der Waals surface area contributed by atoms with E-state index in [1.165, 1.54) is 0 Å². The highest BCUT2D eigenvalue weighted by Crippen LogP contribution is 2.49. The summed E-state index contributed by atoms with van der Waals surface area (Å²) < 4.78 is 0. The fourth-order valence-corrected chi connectivity index (χ4v) is 3.51. The van der Waals surface area contributed by atoms with Gasteiger partial charge in [0.2, 0.25) is 0 Å². The van der Waals surface area contributed by atoms with Gasteiger partial charge in [-0.15, -0.1) is 0 Å². The summed E-state index contributed by atoms with van der Waals surface area (Å²) in [5, 5.41) is 13.9. The third-order valence-electron chi connectivity index (χ3n) is 4.55. The van der Waals surface area contributed by atoms with E-state index in [1.54, 1.807) is 0 Å². The molecule has 1 aliphatic heterocycles. The Morgan fingerprint density at radius 3 is 1.73 bits per heavy atom. The van der Waals surface area contributed by atoms with Crippen LogP contribution in [0.25, 0.3) is 0 Å². The van der Waals surface area contributed by atoms with Crippen molar-refractivity contribution in [3.63, 3.8) is 0 Å². The SMILES string of the molecule is OCC1(c2ccccc2)c2ccccc2Nc2ccccc21. The second kappa shape index (κ2) is 5.00. The van der Waals surface area contributed by atoms with Crippen LogP contribution in [0.5, 0.6) is 0 Å². The number of aliphatic hydroxyl groups excluding tert-OH is 1. The highest BCUT2D eigenvalue weighted by Gasteiger charge is 2.41. The predicted octanol–water partition coefficient (Wildman–Crippen LogP) is 4.07. The number of para-hydroxylation sites is 2. The number of nitrogens with one attached hydrogen (secondary N) is 1. The monoisotopic (exact) mass is 287 g/mol. The van der Waals surface area contributed by atoms with Crippen LogP contribution in [0.15, 0.2) is 78.9 Å². The van der Waals surface area contributed by atoms with Crippen molar-refractivity contribution in [1.82, 2.24) is 0 Å². The van der Waals surface area contributed by atoms with Gasteiger partial charge >= 0.3 is 0 Å². The van der Waals surface area contributed by atoms with E-state index in [-0.39, 0.29) is 6.61 Å². The predicted molar refractivity (Wildman–Crippen MR) is 89.6 cm³/mol. The maximum absolute atomic E-state index is 10.5. The van der Waals surface area contributed by atoms with Crippen LogP contribution in [-0.4, -0.2) is 11.7 Å². The fourth-order valence-electron chi connectivity index (χ4n) is 3.51. The molecule has 2 heteroatoms. The van der Waals surface area contributed by atoms with Gasteiger partial charge in [-0.3, -0.25) is 0 Å². The molecule has 2 N–H and O–H groups in total. The molecule has 0 saturated carbocycles. The first-order valence-electron chi connectivity index (χ1n) is 7.49. The molecular formula is C20H17NO. The van der Waals surface area contributed by atoms with E-state index in [1.807, 2.05) is 42.5 Å². The van der Waals surface area contributed by atoms with Gasteiger partial charge < -0.3 is 10.4 Å². The van der Waals surface area contributed by atoms with E-state index in [0.717, 1.165) is 28.1 Å². The molecule has 0 spiro atoms. The molecule has 0 atom stereocenters. The lowest BCUT2D eigenvalue weighted by Gasteiger charge is -2.40. The third kappa shape index (κ3) is 1.71. The van der Waals surface area contributed by atoms with Gasteiger partial charge in [-0.2, -0.15) is 0 Å². The number of fused-ring (bicyclic) bond motifs is 2. The minimum absolute atomic E-state index is 0.0344. The molecular weight excluding hydrogens is 270 g/mol. The van der Waals surface area contributed by atoms with Crippen molar-refractivity contribution in [2.45, 2.75) is 5.41 Å². The molecule has 0 unspecified atom stereocenters. The zero-order chi connectivity index (χ0) is 15.0. The number of anilines is 2. The van der Waals surface area contributed by atoms with Crippen LogP contribution in [0.4, 0.5) is 11.4 Å². The van der Waals surface area contributed by atoms with Crippen molar-refractivity contribution in [3.05, 3.63) is 95.6 Å². The molecule has 1 aliphatic rings. The maximum Gasteiger partial charge on any atom is 0.0722 e. The van der Waals surface area contributed by atoms with Crippen molar-refractivity contribution in [2.75, 3.05) is 11.9 Å². The largest absolute Gasteiger partial charge is 0.395 e. The van der Waals surface area contributed by atoms with Crippen molar-refractivity contribution in [1.29, 1.82) is 0 Å². The second-order valence-electron chi connectivity index (χ2n) is 5.65. The molecule has 0 fully saturated rings. The zero-order valence-electron chi connectivity index (χ0n) is 12.2. The summed E-state index contributed by atoms with van der Waals surface area (Å²) in [6.07, 6.45) is 0. The van der Waals surface area contributed by atoms with Crippen molar-refractivity contribution >= 4 is 11.4 Å². The Balaban J connectivity index is 2.09. The van der Waals surface area contributed by atoms with Crippen LogP contribution < -0.4 is 5.32 Å². The van der Waals surface area contributed by atoms with Crippen LogP contribution >= 0.6 is 0 Å². The Labute approximate surface area is 130 Å². The first-order valence-corrected chi connectivity index (χ1v) is 7.49. The van der Waals surface area contributed by atoms with Crippen LogP contribution in [0.1, 0.15) is 16.7 Å². The van der Waals surface area contributed by atoms with E-state index < -0.39 is 5.41 Å². The van der Waals surface area contributed by atoms with E-state index in [4.69, 9.17) is 0 Å². The number of rotatable bonds is 2. The summed E-state index contributed by atoms with van der Waals surface area (Å²) in [7, 11) is 0. The van der Waals surface area contributed by atoms with Crippen molar-refractivity contribution in [2.24, 2.45) is 0 Å². The Bertz CT molecular complexity index is 765. The van der Waals surface area contributed by atoms with Gasteiger partial charge in [0.1, 0.15) is 0 Å². The van der Waals surface area contributed by atoms with Gasteiger partial charge in [0.25, 0.3) is 0 Å². The fraction of sp³-hybridized carbons (Fsp3) is 0.100. The quantitative estimate of drug-likeness (QED) is 0.744. The van der Waals surface area contributed by atoms with Crippen LogP contribution in [-0.2, 0) is 5.41 Å². The number of benzene rings is 3. The Kier molecular flexibility index (Phi) is 2.98. The standard InChI is InChI=1S/C20H17NO/c22-14-20(15-8-2-1-3-9-15)16-10-4-6-12-18(16)21-19-13-7-5-11-17(19)20/h1-13,21-22H,14H2. The molecule has 0 amide bonds. The summed E-state index contributed by atoms with van der Waals surface area (Å²) >= 11 is 0. The average molecular weight is 287 g/mol. The smallest absolute Gasteiger partial charge is 0.0722 e. The molecule has 3 aromatic rings. The summed E-state index contributed by atoms with van der Waals surface area (Å²) in [4.78, 5) is 0. The zero-order valence-corrected chi connectivity index (χ0v) is 12.2. The average Bonchev–Trinajstić information content (AvgIpc) is 2.60. The molecule has 108 valence electrons. The molecule has 1 heterocycles. The third-order valence-corrected chi connectivity index (χ3v) is 4.55.